The van der Waals surface area contributed by atoms with E-state index in [9.17, 15) is 0 Å². The van der Waals surface area contributed by atoms with Crippen molar-refractivity contribution in [2.45, 2.75) is 37.4 Å². The van der Waals surface area contributed by atoms with Crippen molar-refractivity contribution < 1.29 is 0 Å². The first-order chi connectivity index (χ1) is 3.50. The molecule has 50 valence electrons. The van der Waals surface area contributed by atoms with Crippen LogP contribution in [0.1, 0.15) is 27.2 Å². The van der Waals surface area contributed by atoms with Gasteiger partial charge < -0.3 is 0 Å². The monoisotopic (exact) mass is 154 g/mol. The molecule has 0 amide bonds. The van der Waals surface area contributed by atoms with Gasteiger partial charge in [0.25, 0.3) is 0 Å². The highest BCUT2D eigenvalue weighted by molar-refractivity contribution is 6.32. The number of hydrogen-bond donors (Lipinski definition) is 0. The predicted molar refractivity (Wildman–Crippen MR) is 39.9 cm³/mol. The van der Waals surface area contributed by atoms with E-state index >= 15 is 0 Å². The average Bonchev–Trinajstić information content (AvgIpc) is 1.67. The Bertz CT molecular complexity index is 66.9. The third-order valence-electron chi connectivity index (χ3n) is 1.52. The molecular weight excluding hydrogens is 143 g/mol. The van der Waals surface area contributed by atoms with E-state index in [1.165, 1.54) is 0 Å². The van der Waals surface area contributed by atoms with Crippen LogP contribution in [-0.4, -0.2) is 10.3 Å². The van der Waals surface area contributed by atoms with Gasteiger partial charge in [0.15, 0.2) is 0 Å². The summed E-state index contributed by atoms with van der Waals surface area (Å²) in [4.78, 5) is -0.221. The van der Waals surface area contributed by atoms with E-state index in [2.05, 4.69) is 0 Å². The molecule has 0 aliphatic heterocycles. The Kier molecular flexibility index (Phi) is 3.14. The first-order valence-corrected chi connectivity index (χ1v) is 3.65. The Balaban J connectivity index is 3.71. The lowest BCUT2D eigenvalue weighted by Gasteiger charge is -2.21. The summed E-state index contributed by atoms with van der Waals surface area (Å²) in [5, 5.41) is 0.0502. The molecule has 0 aliphatic carbocycles. The molecule has 0 fully saturated rings. The zero-order chi connectivity index (χ0) is 6.78. The number of hydrogen-bond acceptors (Lipinski definition) is 0. The van der Waals surface area contributed by atoms with Gasteiger partial charge in [-0.05, 0) is 20.3 Å². The second kappa shape index (κ2) is 2.93. The van der Waals surface area contributed by atoms with E-state index in [4.69, 9.17) is 23.2 Å². The van der Waals surface area contributed by atoms with Gasteiger partial charge in [-0.3, -0.25) is 0 Å². The Hall–Kier alpha value is 0.580. The van der Waals surface area contributed by atoms with E-state index < -0.39 is 0 Å². The summed E-state index contributed by atoms with van der Waals surface area (Å²) in [6.45, 7) is 5.90. The van der Waals surface area contributed by atoms with Crippen molar-refractivity contribution >= 4 is 23.2 Å². The van der Waals surface area contributed by atoms with Crippen molar-refractivity contribution in [1.82, 2.24) is 0 Å². The fraction of sp³-hybridized carbons (Fsp3) is 1.00. The maximum Gasteiger partial charge on any atom is 0.0576 e. The van der Waals surface area contributed by atoms with Crippen molar-refractivity contribution in [1.29, 1.82) is 0 Å². The quantitative estimate of drug-likeness (QED) is 0.537. The fourth-order valence-electron chi connectivity index (χ4n) is 0.281. The van der Waals surface area contributed by atoms with E-state index in [1.807, 2.05) is 20.8 Å². The molecule has 0 aromatic carbocycles. The van der Waals surface area contributed by atoms with Gasteiger partial charge in [-0.1, -0.05) is 6.92 Å². The smallest absolute Gasteiger partial charge is 0.0576 e. The first kappa shape index (κ1) is 8.58. The molecule has 0 aromatic rings. The molecule has 0 aromatic heterocycles. The predicted octanol–water partition coefficient (Wildman–Crippen LogP) is 3.02. The Labute approximate surface area is 61.2 Å². The lowest BCUT2D eigenvalue weighted by Crippen LogP contribution is -2.25. The molecule has 0 spiro atoms. The molecule has 0 aliphatic rings. The minimum absolute atomic E-state index is 0.0502. The Morgan fingerprint density at radius 2 is 2.00 bits per heavy atom. The Morgan fingerprint density at radius 3 is 2.00 bits per heavy atom. The summed E-state index contributed by atoms with van der Waals surface area (Å²) in [5.41, 5.74) is 0. The largest absolute Gasteiger partial charge is 0.121 e. The molecule has 0 nitrogen and oxygen atoms in total. The molecule has 0 heterocycles. The van der Waals surface area contributed by atoms with Gasteiger partial charge in [-0.15, -0.1) is 23.2 Å². The normalized spacial score (nSPS) is 22.1. The molecule has 0 saturated carbocycles. The molecule has 0 radical (unpaired) electrons. The van der Waals surface area contributed by atoms with Crippen LogP contribution >= 0.6 is 23.2 Å². The molecule has 0 saturated heterocycles. The van der Waals surface area contributed by atoms with Crippen molar-refractivity contribution in [2.75, 3.05) is 0 Å². The molecule has 0 bridgehead atoms. The minimum atomic E-state index is -0.221. The van der Waals surface area contributed by atoms with Crippen molar-refractivity contribution in [2.24, 2.45) is 0 Å². The summed E-state index contributed by atoms with van der Waals surface area (Å²) >= 11 is 11.7. The van der Waals surface area contributed by atoms with E-state index in [0.717, 1.165) is 6.42 Å². The molecule has 0 rings (SSSR count). The van der Waals surface area contributed by atoms with Gasteiger partial charge in [-0.25, -0.2) is 0 Å². The average molecular weight is 155 g/mol. The summed E-state index contributed by atoms with van der Waals surface area (Å²) in [5.74, 6) is 0. The molecule has 2 heteroatoms. The number of rotatable bonds is 2. The van der Waals surface area contributed by atoms with Crippen LogP contribution in [0.2, 0.25) is 0 Å². The third-order valence-corrected chi connectivity index (χ3v) is 2.71. The van der Waals surface area contributed by atoms with Gasteiger partial charge >= 0.3 is 0 Å². The summed E-state index contributed by atoms with van der Waals surface area (Å²) in [6, 6.07) is 0. The molecule has 2 atom stereocenters. The lowest BCUT2D eigenvalue weighted by atomic mass is 10.1. The van der Waals surface area contributed by atoms with Crippen LogP contribution in [0.25, 0.3) is 0 Å². The second-order valence-electron chi connectivity index (χ2n) is 2.25. The highest BCUT2D eigenvalue weighted by Gasteiger charge is 2.23. The summed E-state index contributed by atoms with van der Waals surface area (Å²) in [6.07, 6.45) is 0.916. The number of halogens is 2. The van der Waals surface area contributed by atoms with E-state index in [0.29, 0.717) is 0 Å². The lowest BCUT2D eigenvalue weighted by molar-refractivity contribution is 0.595. The van der Waals surface area contributed by atoms with Crippen molar-refractivity contribution in [3.8, 4) is 0 Å². The van der Waals surface area contributed by atoms with Crippen LogP contribution in [0.4, 0.5) is 0 Å². The maximum atomic E-state index is 5.92. The Morgan fingerprint density at radius 1 is 1.62 bits per heavy atom. The maximum absolute atomic E-state index is 5.92. The highest BCUT2D eigenvalue weighted by atomic mass is 35.5. The highest BCUT2D eigenvalue weighted by Crippen LogP contribution is 2.26. The van der Waals surface area contributed by atoms with Crippen LogP contribution in [-0.2, 0) is 0 Å². The van der Waals surface area contributed by atoms with Crippen LogP contribution in [0.5, 0.6) is 0 Å². The van der Waals surface area contributed by atoms with Gasteiger partial charge in [-0.2, -0.15) is 0 Å². The van der Waals surface area contributed by atoms with Crippen LogP contribution in [0, 0.1) is 0 Å². The molecular formula is C6H12Cl2. The zero-order valence-electron chi connectivity index (χ0n) is 5.54. The van der Waals surface area contributed by atoms with Crippen LogP contribution < -0.4 is 0 Å². The van der Waals surface area contributed by atoms with Crippen LogP contribution in [0.15, 0.2) is 0 Å². The minimum Gasteiger partial charge on any atom is -0.121 e. The molecule has 8 heavy (non-hydrogen) atoms. The van der Waals surface area contributed by atoms with Gasteiger partial charge in [0.1, 0.15) is 0 Å². The third kappa shape index (κ3) is 2.23. The number of alkyl halides is 2. The van der Waals surface area contributed by atoms with Gasteiger partial charge in [0, 0.05) is 5.38 Å². The standard InChI is InChI=1S/C6H12Cl2/c1-4-6(3,8)5(2)7/h5H,4H2,1-3H3/t5-,6-/m0/s1. The van der Waals surface area contributed by atoms with E-state index in [1.54, 1.807) is 0 Å². The van der Waals surface area contributed by atoms with Gasteiger partial charge in [0.05, 0.1) is 4.87 Å². The van der Waals surface area contributed by atoms with Crippen LogP contribution in [0.3, 0.4) is 0 Å². The van der Waals surface area contributed by atoms with E-state index in [-0.39, 0.29) is 10.3 Å². The topological polar surface area (TPSA) is 0 Å². The van der Waals surface area contributed by atoms with Crippen molar-refractivity contribution in [3.63, 3.8) is 0 Å². The second-order valence-corrected chi connectivity index (χ2v) is 3.77. The van der Waals surface area contributed by atoms with Crippen molar-refractivity contribution in [3.05, 3.63) is 0 Å². The molecule has 0 N–H and O–H groups in total. The van der Waals surface area contributed by atoms with Gasteiger partial charge in [0.2, 0.25) is 0 Å². The summed E-state index contributed by atoms with van der Waals surface area (Å²) in [7, 11) is 0. The zero-order valence-corrected chi connectivity index (χ0v) is 7.05. The fourth-order valence-corrected chi connectivity index (χ4v) is 0.436. The summed E-state index contributed by atoms with van der Waals surface area (Å²) < 4.78 is 0. The SMILES string of the molecule is CC[C@](C)(Cl)[C@H](C)Cl. The first-order valence-electron chi connectivity index (χ1n) is 2.83. The molecule has 0 unspecified atom stereocenters.